The molecule has 1 N–H and O–H groups in total. The normalized spacial score (nSPS) is 15.6. The molecule has 11 heteroatoms. The Hall–Kier alpha value is -3.96. The zero-order valence-electron chi connectivity index (χ0n) is 19.3. The summed E-state index contributed by atoms with van der Waals surface area (Å²) in [5, 5.41) is 8.76. The van der Waals surface area contributed by atoms with E-state index in [0.717, 1.165) is 5.56 Å². The van der Waals surface area contributed by atoms with Gasteiger partial charge >= 0.3 is 0 Å². The van der Waals surface area contributed by atoms with Crippen LogP contribution in [0, 0.1) is 0 Å². The fourth-order valence-corrected chi connectivity index (χ4v) is 6.42. The number of hydrogen-bond donors (Lipinski definition) is 1. The van der Waals surface area contributed by atoms with E-state index in [2.05, 4.69) is 20.3 Å². The van der Waals surface area contributed by atoms with Crippen molar-refractivity contribution in [2.45, 2.75) is 30.2 Å². The number of aromatic amines is 1. The van der Waals surface area contributed by atoms with Gasteiger partial charge in [0, 0.05) is 30.6 Å². The summed E-state index contributed by atoms with van der Waals surface area (Å²) in [6.45, 7) is 1.10. The standard InChI is InChI=1S/C25H23N7O3S/c33-25-22-24(32(30-29-22)16-17-6-2-1-3-7-17)27-23(28-25)18-11-14-31(15-12-18)36(34,35)21-10-4-9-20-19(21)8-5-13-26-20/h1-10,13,18H,11-12,14-16H2,(H,27,28,33). The third kappa shape index (κ3) is 3.95. The van der Waals surface area contributed by atoms with Crippen molar-refractivity contribution in [1.29, 1.82) is 0 Å². The second-order valence-electron chi connectivity index (χ2n) is 8.86. The number of hydrogen-bond acceptors (Lipinski definition) is 7. The second kappa shape index (κ2) is 8.92. The van der Waals surface area contributed by atoms with Crippen LogP contribution in [0.15, 0.2) is 76.6 Å². The Kier molecular flexibility index (Phi) is 5.57. The van der Waals surface area contributed by atoms with E-state index in [0.29, 0.717) is 54.9 Å². The molecule has 0 saturated carbocycles. The van der Waals surface area contributed by atoms with Gasteiger partial charge in [-0.25, -0.2) is 18.1 Å². The van der Waals surface area contributed by atoms with Gasteiger partial charge in [-0.1, -0.05) is 41.6 Å². The predicted octanol–water partition coefficient (Wildman–Crippen LogP) is 2.68. The third-order valence-corrected chi connectivity index (χ3v) is 8.59. The number of pyridine rings is 1. The minimum atomic E-state index is -3.69. The molecule has 2 aromatic carbocycles. The number of rotatable bonds is 5. The quantitative estimate of drug-likeness (QED) is 0.392. The minimum absolute atomic E-state index is 0.0807. The number of nitrogens with one attached hydrogen (secondary N) is 1. The number of piperidine rings is 1. The van der Waals surface area contributed by atoms with Gasteiger partial charge in [-0.15, -0.1) is 5.10 Å². The first-order valence-corrected chi connectivity index (χ1v) is 13.2. The molecular weight excluding hydrogens is 478 g/mol. The maximum Gasteiger partial charge on any atom is 0.281 e. The molecule has 0 atom stereocenters. The molecule has 6 rings (SSSR count). The fourth-order valence-electron chi connectivity index (χ4n) is 4.75. The van der Waals surface area contributed by atoms with Crippen molar-refractivity contribution in [2.75, 3.05) is 13.1 Å². The third-order valence-electron chi connectivity index (χ3n) is 6.63. The Morgan fingerprint density at radius 1 is 0.972 bits per heavy atom. The van der Waals surface area contributed by atoms with Gasteiger partial charge in [-0.3, -0.25) is 9.78 Å². The average molecular weight is 502 g/mol. The van der Waals surface area contributed by atoms with E-state index in [4.69, 9.17) is 4.98 Å². The van der Waals surface area contributed by atoms with Gasteiger partial charge in [-0.05, 0) is 42.7 Å². The van der Waals surface area contributed by atoms with Crippen molar-refractivity contribution >= 4 is 32.1 Å². The number of H-pyrrole nitrogens is 1. The molecule has 1 aliphatic heterocycles. The van der Waals surface area contributed by atoms with Crippen molar-refractivity contribution in [1.82, 2.24) is 34.3 Å². The summed E-state index contributed by atoms with van der Waals surface area (Å²) >= 11 is 0. The molecule has 0 radical (unpaired) electrons. The number of nitrogens with zero attached hydrogens (tertiary/aromatic N) is 6. The van der Waals surface area contributed by atoms with E-state index >= 15 is 0 Å². The van der Waals surface area contributed by atoms with Crippen molar-refractivity contribution in [3.8, 4) is 0 Å². The van der Waals surface area contributed by atoms with Crippen LogP contribution in [-0.4, -0.2) is 55.8 Å². The molecular formula is C25H23N7O3S. The van der Waals surface area contributed by atoms with E-state index in [1.54, 1.807) is 41.2 Å². The highest BCUT2D eigenvalue weighted by atomic mass is 32.2. The van der Waals surface area contributed by atoms with Crippen LogP contribution in [0.2, 0.25) is 0 Å². The highest BCUT2D eigenvalue weighted by Crippen LogP contribution is 2.31. The largest absolute Gasteiger partial charge is 0.308 e. The highest BCUT2D eigenvalue weighted by molar-refractivity contribution is 7.89. The Bertz CT molecular complexity index is 1720. The van der Waals surface area contributed by atoms with Gasteiger partial charge in [0.15, 0.2) is 11.2 Å². The molecule has 10 nitrogen and oxygen atoms in total. The summed E-state index contributed by atoms with van der Waals surface area (Å²) in [6.07, 6.45) is 2.73. The summed E-state index contributed by atoms with van der Waals surface area (Å²) in [6, 6.07) is 18.4. The zero-order valence-corrected chi connectivity index (χ0v) is 20.1. The molecule has 1 fully saturated rings. The SMILES string of the molecule is O=c1[nH]c(C2CCN(S(=O)(=O)c3cccc4ncccc34)CC2)nc2c1nnn2Cc1ccccc1. The van der Waals surface area contributed by atoms with Crippen molar-refractivity contribution in [2.24, 2.45) is 0 Å². The van der Waals surface area contributed by atoms with Gasteiger partial charge in [0.2, 0.25) is 10.0 Å². The van der Waals surface area contributed by atoms with Crippen LogP contribution in [-0.2, 0) is 16.6 Å². The number of aromatic nitrogens is 6. The Balaban J connectivity index is 1.25. The number of fused-ring (bicyclic) bond motifs is 2. The average Bonchev–Trinajstić information content (AvgIpc) is 3.32. The van der Waals surface area contributed by atoms with Crippen molar-refractivity contribution in [3.63, 3.8) is 0 Å². The molecule has 0 amide bonds. The number of benzene rings is 2. The molecule has 5 aromatic rings. The Morgan fingerprint density at radius 2 is 1.78 bits per heavy atom. The predicted molar refractivity (Wildman–Crippen MR) is 134 cm³/mol. The van der Waals surface area contributed by atoms with Gasteiger partial charge in [0.1, 0.15) is 5.82 Å². The van der Waals surface area contributed by atoms with Crippen LogP contribution < -0.4 is 5.56 Å². The van der Waals surface area contributed by atoms with Gasteiger partial charge in [0.05, 0.1) is 17.0 Å². The molecule has 0 spiro atoms. The van der Waals surface area contributed by atoms with E-state index in [1.807, 2.05) is 30.3 Å². The Morgan fingerprint density at radius 3 is 2.58 bits per heavy atom. The molecule has 3 aromatic heterocycles. The van der Waals surface area contributed by atoms with E-state index in [-0.39, 0.29) is 21.9 Å². The lowest BCUT2D eigenvalue weighted by Crippen LogP contribution is -2.38. The molecule has 36 heavy (non-hydrogen) atoms. The number of sulfonamides is 1. The zero-order chi connectivity index (χ0) is 24.7. The summed E-state index contributed by atoms with van der Waals surface area (Å²) in [5.41, 5.74) is 1.95. The van der Waals surface area contributed by atoms with Crippen LogP contribution in [0.25, 0.3) is 22.1 Å². The topological polar surface area (TPSA) is 127 Å². The van der Waals surface area contributed by atoms with Crippen LogP contribution in [0.3, 0.4) is 0 Å². The van der Waals surface area contributed by atoms with E-state index in [1.165, 1.54) is 4.31 Å². The smallest absolute Gasteiger partial charge is 0.281 e. The van der Waals surface area contributed by atoms with Crippen LogP contribution in [0.5, 0.6) is 0 Å². The van der Waals surface area contributed by atoms with Crippen LogP contribution in [0.4, 0.5) is 0 Å². The van der Waals surface area contributed by atoms with Crippen LogP contribution in [0.1, 0.15) is 30.1 Å². The monoisotopic (exact) mass is 501 g/mol. The molecule has 1 aliphatic rings. The maximum absolute atomic E-state index is 13.5. The summed E-state index contributed by atoms with van der Waals surface area (Å²) in [5.74, 6) is 0.457. The van der Waals surface area contributed by atoms with Gasteiger partial charge in [0.25, 0.3) is 5.56 Å². The molecule has 0 bridgehead atoms. The lowest BCUT2D eigenvalue weighted by atomic mass is 9.97. The van der Waals surface area contributed by atoms with Gasteiger partial charge < -0.3 is 4.98 Å². The first-order valence-electron chi connectivity index (χ1n) is 11.7. The van der Waals surface area contributed by atoms with E-state index < -0.39 is 10.0 Å². The maximum atomic E-state index is 13.5. The summed E-state index contributed by atoms with van der Waals surface area (Å²) < 4.78 is 30.0. The van der Waals surface area contributed by atoms with E-state index in [9.17, 15) is 13.2 Å². The molecule has 182 valence electrons. The molecule has 1 saturated heterocycles. The van der Waals surface area contributed by atoms with Crippen LogP contribution >= 0.6 is 0 Å². The van der Waals surface area contributed by atoms with Crippen molar-refractivity contribution in [3.05, 3.63) is 88.6 Å². The minimum Gasteiger partial charge on any atom is -0.308 e. The molecule has 4 heterocycles. The lowest BCUT2D eigenvalue weighted by molar-refractivity contribution is 0.313. The van der Waals surface area contributed by atoms with Crippen molar-refractivity contribution < 1.29 is 8.42 Å². The van der Waals surface area contributed by atoms with Gasteiger partial charge in [-0.2, -0.15) is 4.31 Å². The first-order chi connectivity index (χ1) is 17.5. The first kappa shape index (κ1) is 22.5. The second-order valence-corrected chi connectivity index (χ2v) is 10.8. The Labute approximate surface area is 206 Å². The molecule has 0 unspecified atom stereocenters. The highest BCUT2D eigenvalue weighted by Gasteiger charge is 2.32. The summed E-state index contributed by atoms with van der Waals surface area (Å²) in [7, 11) is -3.69. The summed E-state index contributed by atoms with van der Waals surface area (Å²) in [4.78, 5) is 24.8. The fraction of sp³-hybridized carbons (Fsp3) is 0.240. The lowest BCUT2D eigenvalue weighted by Gasteiger charge is -2.30. The molecule has 0 aliphatic carbocycles.